The fourth-order valence-electron chi connectivity index (χ4n) is 4.36. The summed E-state index contributed by atoms with van der Waals surface area (Å²) in [5.41, 5.74) is 9.45. The van der Waals surface area contributed by atoms with Crippen LogP contribution in [0.2, 0.25) is 0 Å². The average Bonchev–Trinajstić information content (AvgIpc) is 3.05. The van der Waals surface area contributed by atoms with Gasteiger partial charge in [-0.05, 0) is 45.2 Å². The molecule has 0 radical (unpaired) electrons. The lowest BCUT2D eigenvalue weighted by Crippen LogP contribution is -2.46. The molecule has 1 fully saturated rings. The largest absolute Gasteiger partial charge is 0.355 e. The van der Waals surface area contributed by atoms with E-state index >= 15 is 0 Å². The Morgan fingerprint density at radius 2 is 1.97 bits per heavy atom. The number of nitrogens with one attached hydrogen (secondary N) is 1. The van der Waals surface area contributed by atoms with Crippen molar-refractivity contribution in [1.29, 1.82) is 0 Å². The Bertz CT molecular complexity index is 859. The molecule has 2 aromatic rings. The molecule has 3 N–H and O–H groups in total. The molecule has 6 nitrogen and oxygen atoms in total. The van der Waals surface area contributed by atoms with Gasteiger partial charge in [0.2, 0.25) is 5.91 Å². The van der Waals surface area contributed by atoms with Gasteiger partial charge in [-0.1, -0.05) is 30.3 Å². The monoisotopic (exact) mass is 396 g/mol. The van der Waals surface area contributed by atoms with Gasteiger partial charge in [-0.15, -0.1) is 0 Å². The van der Waals surface area contributed by atoms with E-state index in [1.54, 1.807) is 0 Å². The van der Waals surface area contributed by atoms with Gasteiger partial charge in [0.05, 0.1) is 17.5 Å². The topological polar surface area (TPSA) is 80.4 Å². The standard InChI is InChI=1S/C23H32N4O2/c1-16-14-21(18(3)27(16)17(2)19-8-5-4-6-9-19)23(29)26-13-7-10-20(15-26)22(28)25-12-11-24/h4-6,8-9,14,17,20H,7,10-13,15,24H2,1-3H3,(H,25,28). The molecule has 6 heteroatoms. The molecule has 2 unspecified atom stereocenters. The molecule has 0 aliphatic carbocycles. The summed E-state index contributed by atoms with van der Waals surface area (Å²) in [6.07, 6.45) is 1.65. The van der Waals surface area contributed by atoms with Crippen LogP contribution in [0.5, 0.6) is 0 Å². The molecule has 1 aromatic carbocycles. The van der Waals surface area contributed by atoms with Crippen molar-refractivity contribution in [3.8, 4) is 0 Å². The van der Waals surface area contributed by atoms with Crippen LogP contribution in [0, 0.1) is 19.8 Å². The van der Waals surface area contributed by atoms with E-state index in [1.165, 1.54) is 5.56 Å². The Labute approximate surface area is 173 Å². The van der Waals surface area contributed by atoms with Crippen LogP contribution < -0.4 is 11.1 Å². The van der Waals surface area contributed by atoms with Crippen LogP contribution in [0.3, 0.4) is 0 Å². The van der Waals surface area contributed by atoms with E-state index in [4.69, 9.17) is 5.73 Å². The van der Waals surface area contributed by atoms with E-state index < -0.39 is 0 Å². The minimum atomic E-state index is -0.161. The molecule has 2 heterocycles. The lowest BCUT2D eigenvalue weighted by atomic mass is 9.96. The fourth-order valence-corrected chi connectivity index (χ4v) is 4.36. The quantitative estimate of drug-likeness (QED) is 0.788. The summed E-state index contributed by atoms with van der Waals surface area (Å²) in [5, 5.41) is 2.85. The van der Waals surface area contributed by atoms with Crippen LogP contribution >= 0.6 is 0 Å². The van der Waals surface area contributed by atoms with Crippen LogP contribution in [0.15, 0.2) is 36.4 Å². The molecular formula is C23H32N4O2. The highest BCUT2D eigenvalue weighted by molar-refractivity contribution is 5.96. The number of hydrogen-bond acceptors (Lipinski definition) is 3. The highest BCUT2D eigenvalue weighted by Gasteiger charge is 2.30. The van der Waals surface area contributed by atoms with Gasteiger partial charge in [0.1, 0.15) is 0 Å². The average molecular weight is 397 g/mol. The van der Waals surface area contributed by atoms with Gasteiger partial charge in [-0.3, -0.25) is 9.59 Å². The first-order valence-electron chi connectivity index (χ1n) is 10.4. The molecule has 29 heavy (non-hydrogen) atoms. The first-order valence-corrected chi connectivity index (χ1v) is 10.4. The molecule has 0 spiro atoms. The highest BCUT2D eigenvalue weighted by atomic mass is 16.2. The second-order valence-corrected chi connectivity index (χ2v) is 7.91. The summed E-state index contributed by atoms with van der Waals surface area (Å²) >= 11 is 0. The zero-order valence-corrected chi connectivity index (χ0v) is 17.6. The normalized spacial score (nSPS) is 17.8. The van der Waals surface area contributed by atoms with Crippen LogP contribution in [0.25, 0.3) is 0 Å². The van der Waals surface area contributed by atoms with Crippen LogP contribution in [-0.4, -0.2) is 47.5 Å². The molecular weight excluding hydrogens is 364 g/mol. The maximum absolute atomic E-state index is 13.3. The zero-order valence-electron chi connectivity index (χ0n) is 17.6. The van der Waals surface area contributed by atoms with E-state index in [0.717, 1.165) is 29.8 Å². The summed E-state index contributed by atoms with van der Waals surface area (Å²) in [7, 11) is 0. The van der Waals surface area contributed by atoms with Gasteiger partial charge in [-0.25, -0.2) is 0 Å². The van der Waals surface area contributed by atoms with Gasteiger partial charge < -0.3 is 20.5 Å². The number of amides is 2. The minimum absolute atomic E-state index is 0.00359. The van der Waals surface area contributed by atoms with Gasteiger partial charge in [0, 0.05) is 37.6 Å². The summed E-state index contributed by atoms with van der Waals surface area (Å²) in [6.45, 7) is 8.26. The molecule has 0 saturated carbocycles. The second-order valence-electron chi connectivity index (χ2n) is 7.91. The third kappa shape index (κ3) is 4.53. The number of carbonyl (C=O) groups is 2. The van der Waals surface area contributed by atoms with Crippen molar-refractivity contribution in [1.82, 2.24) is 14.8 Å². The number of benzene rings is 1. The van der Waals surface area contributed by atoms with E-state index in [0.29, 0.717) is 26.2 Å². The minimum Gasteiger partial charge on any atom is -0.355 e. The molecule has 2 atom stereocenters. The van der Waals surface area contributed by atoms with Crippen molar-refractivity contribution < 1.29 is 9.59 Å². The number of nitrogens with zero attached hydrogens (tertiary/aromatic N) is 2. The number of likely N-dealkylation sites (tertiary alicyclic amines) is 1. The number of piperidine rings is 1. The van der Waals surface area contributed by atoms with Gasteiger partial charge in [0.15, 0.2) is 0 Å². The molecule has 1 saturated heterocycles. The Morgan fingerprint density at radius 3 is 2.66 bits per heavy atom. The number of aryl methyl sites for hydroxylation is 1. The predicted octanol–water partition coefficient (Wildman–Crippen LogP) is 2.64. The van der Waals surface area contributed by atoms with Crippen molar-refractivity contribution in [3.05, 3.63) is 58.9 Å². The first-order chi connectivity index (χ1) is 13.9. The number of aromatic nitrogens is 1. The number of nitrogens with two attached hydrogens (primary N) is 1. The molecule has 1 aromatic heterocycles. The summed E-state index contributed by atoms with van der Waals surface area (Å²) in [5.74, 6) is -0.150. The van der Waals surface area contributed by atoms with Crippen LogP contribution in [0.4, 0.5) is 0 Å². The van der Waals surface area contributed by atoms with Crippen molar-refractivity contribution in [2.45, 2.75) is 39.7 Å². The summed E-state index contributed by atoms with van der Waals surface area (Å²) in [6, 6.07) is 12.4. The third-order valence-electron chi connectivity index (χ3n) is 5.91. The van der Waals surface area contributed by atoms with E-state index in [9.17, 15) is 9.59 Å². The van der Waals surface area contributed by atoms with Crippen LogP contribution in [0.1, 0.15) is 53.1 Å². The van der Waals surface area contributed by atoms with E-state index in [2.05, 4.69) is 28.9 Å². The molecule has 3 rings (SSSR count). The Balaban J connectivity index is 1.78. The van der Waals surface area contributed by atoms with Crippen molar-refractivity contribution >= 4 is 11.8 Å². The molecule has 0 bridgehead atoms. The molecule has 1 aliphatic rings. The lowest BCUT2D eigenvalue weighted by Gasteiger charge is -2.32. The Hall–Kier alpha value is -2.60. The van der Waals surface area contributed by atoms with Gasteiger partial charge in [0.25, 0.3) is 5.91 Å². The SMILES string of the molecule is Cc1cc(C(=O)N2CCCC(C(=O)NCCN)C2)c(C)n1C(C)c1ccccc1. The predicted molar refractivity (Wildman–Crippen MR) is 115 cm³/mol. The van der Waals surface area contributed by atoms with Crippen molar-refractivity contribution in [3.63, 3.8) is 0 Å². The fraction of sp³-hybridized carbons (Fsp3) is 0.478. The number of rotatable bonds is 6. The smallest absolute Gasteiger partial charge is 0.255 e. The number of hydrogen-bond donors (Lipinski definition) is 2. The van der Waals surface area contributed by atoms with Crippen LogP contribution in [-0.2, 0) is 4.79 Å². The van der Waals surface area contributed by atoms with Gasteiger partial charge in [-0.2, -0.15) is 0 Å². The van der Waals surface area contributed by atoms with E-state index in [-0.39, 0.29) is 23.8 Å². The van der Waals surface area contributed by atoms with Crippen molar-refractivity contribution in [2.24, 2.45) is 11.7 Å². The first kappa shape index (κ1) is 21.1. The molecule has 156 valence electrons. The third-order valence-corrected chi connectivity index (χ3v) is 5.91. The molecule has 2 amide bonds. The van der Waals surface area contributed by atoms with Crippen molar-refractivity contribution in [2.75, 3.05) is 26.2 Å². The van der Waals surface area contributed by atoms with E-state index in [1.807, 2.05) is 43.0 Å². The number of carbonyl (C=O) groups excluding carboxylic acids is 2. The maximum atomic E-state index is 13.3. The van der Waals surface area contributed by atoms with Gasteiger partial charge >= 0.3 is 0 Å². The molecule has 1 aliphatic heterocycles. The summed E-state index contributed by atoms with van der Waals surface area (Å²) < 4.78 is 2.22. The maximum Gasteiger partial charge on any atom is 0.255 e. The zero-order chi connectivity index (χ0) is 21.0. The Morgan fingerprint density at radius 1 is 1.24 bits per heavy atom. The Kier molecular flexibility index (Phi) is 6.75. The lowest BCUT2D eigenvalue weighted by molar-refractivity contribution is -0.126. The second kappa shape index (κ2) is 9.27. The highest BCUT2D eigenvalue weighted by Crippen LogP contribution is 2.27. The summed E-state index contributed by atoms with van der Waals surface area (Å²) in [4.78, 5) is 27.4.